The number of halogens is 1. The first-order valence-corrected chi connectivity index (χ1v) is 9.85. The average molecular weight is 520 g/mol. The lowest BCUT2D eigenvalue weighted by atomic mass is 10.0. The number of thiophene rings is 1. The molecule has 2 rings (SSSR count). The number of hydrogen-bond donors (Lipinski definition) is 4. The molecule has 8 nitrogen and oxygen atoms in total. The summed E-state index contributed by atoms with van der Waals surface area (Å²) in [5.74, 6) is 0.587. The second kappa shape index (κ2) is 12.0. The molecule has 0 fully saturated rings. The zero-order chi connectivity index (χ0) is 19.7. The summed E-state index contributed by atoms with van der Waals surface area (Å²) in [4.78, 5) is 17.0. The number of aromatic nitrogens is 2. The monoisotopic (exact) mass is 520 g/mol. The van der Waals surface area contributed by atoms with Crippen LogP contribution in [-0.4, -0.2) is 52.9 Å². The van der Waals surface area contributed by atoms with E-state index >= 15 is 0 Å². The number of amides is 1. The van der Waals surface area contributed by atoms with Gasteiger partial charge in [-0.3, -0.25) is 9.48 Å². The number of aryl methyl sites for hydroxylation is 1. The Morgan fingerprint density at radius 2 is 2.11 bits per heavy atom. The van der Waals surface area contributed by atoms with Gasteiger partial charge in [-0.15, -0.1) is 35.3 Å². The third-order valence-corrected chi connectivity index (χ3v) is 4.76. The Morgan fingerprint density at radius 3 is 2.71 bits per heavy atom. The molecule has 1 unspecified atom stereocenters. The number of aliphatic hydroxyl groups is 1. The molecular weight excluding hydrogens is 491 g/mol. The summed E-state index contributed by atoms with van der Waals surface area (Å²) < 4.78 is 1.65. The van der Waals surface area contributed by atoms with Crippen LogP contribution in [-0.2, 0) is 12.6 Å². The van der Waals surface area contributed by atoms with E-state index < -0.39 is 5.60 Å². The van der Waals surface area contributed by atoms with Gasteiger partial charge in [0.25, 0.3) is 5.91 Å². The Morgan fingerprint density at radius 1 is 1.36 bits per heavy atom. The molecule has 0 aromatic carbocycles. The highest BCUT2D eigenvalue weighted by molar-refractivity contribution is 14.0. The van der Waals surface area contributed by atoms with Crippen molar-refractivity contribution < 1.29 is 9.90 Å². The van der Waals surface area contributed by atoms with E-state index in [1.54, 1.807) is 24.0 Å². The molecule has 2 aromatic heterocycles. The highest BCUT2D eigenvalue weighted by Gasteiger charge is 2.24. The van der Waals surface area contributed by atoms with Crippen molar-refractivity contribution in [3.05, 3.63) is 40.3 Å². The van der Waals surface area contributed by atoms with Gasteiger partial charge in [0.05, 0.1) is 17.6 Å². The zero-order valence-corrected chi connectivity index (χ0v) is 19.6. The van der Waals surface area contributed by atoms with Gasteiger partial charge in [-0.05, 0) is 31.7 Å². The predicted molar refractivity (Wildman–Crippen MR) is 123 cm³/mol. The summed E-state index contributed by atoms with van der Waals surface area (Å²) in [7, 11) is 1.81. The molecule has 156 valence electrons. The number of aliphatic imine (C=N–C) groups is 1. The van der Waals surface area contributed by atoms with Gasteiger partial charge in [-0.1, -0.05) is 6.07 Å². The van der Waals surface area contributed by atoms with Gasteiger partial charge < -0.3 is 21.1 Å². The van der Waals surface area contributed by atoms with Crippen LogP contribution in [0.1, 0.15) is 35.5 Å². The molecule has 1 amide bonds. The number of rotatable bonds is 9. The van der Waals surface area contributed by atoms with Crippen LogP contribution in [0.25, 0.3) is 0 Å². The van der Waals surface area contributed by atoms with Crippen molar-refractivity contribution in [3.63, 3.8) is 0 Å². The molecule has 2 heterocycles. The fourth-order valence-electron chi connectivity index (χ4n) is 2.36. The van der Waals surface area contributed by atoms with E-state index in [4.69, 9.17) is 0 Å². The second-order valence-corrected chi connectivity index (χ2v) is 7.33. The minimum Gasteiger partial charge on any atom is -0.383 e. The molecule has 0 saturated heterocycles. The van der Waals surface area contributed by atoms with E-state index in [2.05, 4.69) is 26.0 Å². The highest BCUT2D eigenvalue weighted by atomic mass is 127. The fraction of sp³-hybridized carbons (Fsp3) is 0.500. The van der Waals surface area contributed by atoms with E-state index in [0.717, 1.165) is 23.4 Å². The van der Waals surface area contributed by atoms with Crippen LogP contribution in [0.5, 0.6) is 0 Å². The topological polar surface area (TPSA) is 104 Å². The first-order chi connectivity index (χ1) is 12.9. The molecular formula is C18H29IN6O2S. The summed E-state index contributed by atoms with van der Waals surface area (Å²) >= 11 is 1.43. The number of guanidine groups is 1. The first kappa shape index (κ1) is 24.4. The van der Waals surface area contributed by atoms with E-state index in [1.807, 2.05) is 31.5 Å². The third kappa shape index (κ3) is 7.76. The SMILES string of the molecule is CCNC(=NCC(C)(O)c1cnn(C)c1)NCCCNC(=O)c1cccs1.I. The maximum atomic E-state index is 11.9. The largest absolute Gasteiger partial charge is 0.383 e. The maximum Gasteiger partial charge on any atom is 0.261 e. The molecule has 2 aromatic rings. The normalized spacial score (nSPS) is 13.4. The van der Waals surface area contributed by atoms with E-state index in [-0.39, 0.29) is 36.4 Å². The third-order valence-electron chi connectivity index (χ3n) is 3.89. The van der Waals surface area contributed by atoms with E-state index in [0.29, 0.717) is 19.0 Å². The molecule has 0 spiro atoms. The van der Waals surface area contributed by atoms with Crippen molar-refractivity contribution in [1.82, 2.24) is 25.7 Å². The molecule has 0 aliphatic rings. The number of carbonyl (C=O) groups excluding carboxylic acids is 1. The van der Waals surface area contributed by atoms with E-state index in [9.17, 15) is 9.90 Å². The van der Waals surface area contributed by atoms with Crippen molar-refractivity contribution in [1.29, 1.82) is 0 Å². The van der Waals surface area contributed by atoms with Crippen LogP contribution in [0.15, 0.2) is 34.9 Å². The van der Waals surface area contributed by atoms with Crippen LogP contribution < -0.4 is 16.0 Å². The maximum absolute atomic E-state index is 11.9. The Balaban J connectivity index is 0.00000392. The van der Waals surface area contributed by atoms with Gasteiger partial charge in [0, 0.05) is 38.4 Å². The van der Waals surface area contributed by atoms with Crippen molar-refractivity contribution in [3.8, 4) is 0 Å². The number of carbonyl (C=O) groups is 1. The van der Waals surface area contributed by atoms with Gasteiger partial charge in [0.1, 0.15) is 5.60 Å². The van der Waals surface area contributed by atoms with Crippen molar-refractivity contribution in [2.75, 3.05) is 26.2 Å². The van der Waals surface area contributed by atoms with Gasteiger partial charge in [0.15, 0.2) is 5.96 Å². The van der Waals surface area contributed by atoms with Crippen molar-refractivity contribution in [2.45, 2.75) is 25.9 Å². The minimum absolute atomic E-state index is 0. The lowest BCUT2D eigenvalue weighted by Gasteiger charge is -2.20. The summed E-state index contributed by atoms with van der Waals surface area (Å²) in [6.07, 6.45) is 4.19. The molecule has 0 radical (unpaired) electrons. The molecule has 0 saturated carbocycles. The fourth-order valence-corrected chi connectivity index (χ4v) is 3.00. The van der Waals surface area contributed by atoms with Crippen molar-refractivity contribution >= 4 is 47.2 Å². The summed E-state index contributed by atoms with van der Waals surface area (Å²) in [5.41, 5.74) is -0.369. The summed E-state index contributed by atoms with van der Waals surface area (Å²) in [6, 6.07) is 3.67. The molecule has 0 aliphatic carbocycles. The number of hydrogen-bond acceptors (Lipinski definition) is 5. The highest BCUT2D eigenvalue weighted by Crippen LogP contribution is 2.19. The van der Waals surface area contributed by atoms with Crippen LogP contribution in [0.2, 0.25) is 0 Å². The van der Waals surface area contributed by atoms with Crippen LogP contribution >= 0.6 is 35.3 Å². The summed E-state index contributed by atoms with van der Waals surface area (Å²) in [5, 5.41) is 25.9. The number of nitrogens with one attached hydrogen (secondary N) is 3. The molecule has 28 heavy (non-hydrogen) atoms. The zero-order valence-electron chi connectivity index (χ0n) is 16.4. The van der Waals surface area contributed by atoms with Crippen LogP contribution in [0, 0.1) is 0 Å². The van der Waals surface area contributed by atoms with Crippen LogP contribution in [0.4, 0.5) is 0 Å². The Hall–Kier alpha value is -1.66. The Bertz CT molecular complexity index is 745. The van der Waals surface area contributed by atoms with Gasteiger partial charge in [0.2, 0.25) is 0 Å². The lowest BCUT2D eigenvalue weighted by Crippen LogP contribution is -2.40. The van der Waals surface area contributed by atoms with Crippen LogP contribution in [0.3, 0.4) is 0 Å². The van der Waals surface area contributed by atoms with E-state index in [1.165, 1.54) is 11.3 Å². The standard InChI is InChI=1S/C18H28N6O2S.HI/c1-4-19-17(22-13-18(2,26)14-11-23-24(3)12-14)21-9-6-8-20-16(25)15-7-5-10-27-15;/h5,7,10-12,26H,4,6,8-9,13H2,1-3H3,(H,20,25)(H2,19,21,22);1H. The Labute approximate surface area is 186 Å². The van der Waals surface area contributed by atoms with Crippen molar-refractivity contribution in [2.24, 2.45) is 12.0 Å². The molecule has 4 N–H and O–H groups in total. The molecule has 10 heteroatoms. The van der Waals surface area contributed by atoms with Gasteiger partial charge in [-0.25, -0.2) is 4.99 Å². The first-order valence-electron chi connectivity index (χ1n) is 8.98. The second-order valence-electron chi connectivity index (χ2n) is 6.39. The molecule has 0 aliphatic heterocycles. The molecule has 1 atom stereocenters. The van der Waals surface area contributed by atoms with Gasteiger partial charge in [-0.2, -0.15) is 5.10 Å². The minimum atomic E-state index is -1.09. The molecule has 0 bridgehead atoms. The lowest BCUT2D eigenvalue weighted by molar-refractivity contribution is 0.0671. The smallest absolute Gasteiger partial charge is 0.261 e. The summed E-state index contributed by atoms with van der Waals surface area (Å²) in [6.45, 7) is 5.87. The average Bonchev–Trinajstić information content (AvgIpc) is 3.31. The Kier molecular flexibility index (Phi) is 10.5. The van der Waals surface area contributed by atoms with Gasteiger partial charge >= 0.3 is 0 Å². The number of nitrogens with zero attached hydrogens (tertiary/aromatic N) is 3. The predicted octanol–water partition coefficient (Wildman–Crippen LogP) is 1.68. The quantitative estimate of drug-likeness (QED) is 0.174.